The molecule has 26 heavy (non-hydrogen) atoms. The van der Waals surface area contributed by atoms with Crippen LogP contribution in [0.15, 0.2) is 4.99 Å². The van der Waals surface area contributed by atoms with Gasteiger partial charge in [0.1, 0.15) is 6.04 Å². The smallest absolute Gasteiger partial charge is 0.355 e. The SMILES string of the molecule is CN=C(NC[C@H]1CCCN1S(C)(=O)=O)N1CCN(C(C)C(F)(F)F)CC1. The zero-order valence-electron chi connectivity index (χ0n) is 15.5. The lowest BCUT2D eigenvalue weighted by Gasteiger charge is -2.40. The highest BCUT2D eigenvalue weighted by Gasteiger charge is 2.41. The Balaban J connectivity index is 1.87. The largest absolute Gasteiger partial charge is 0.403 e. The molecule has 7 nitrogen and oxygen atoms in total. The minimum atomic E-state index is -4.22. The van der Waals surface area contributed by atoms with Crippen LogP contribution in [0.25, 0.3) is 0 Å². The second kappa shape index (κ2) is 8.30. The zero-order valence-corrected chi connectivity index (χ0v) is 16.3. The van der Waals surface area contributed by atoms with Crippen molar-refractivity contribution in [1.82, 2.24) is 19.4 Å². The summed E-state index contributed by atoms with van der Waals surface area (Å²) in [6.45, 7) is 3.65. The summed E-state index contributed by atoms with van der Waals surface area (Å²) in [5, 5.41) is 3.19. The van der Waals surface area contributed by atoms with Crippen molar-refractivity contribution in [3.63, 3.8) is 0 Å². The first kappa shape index (κ1) is 21.2. The third kappa shape index (κ3) is 5.23. The quantitative estimate of drug-likeness (QED) is 0.553. The Morgan fingerprint density at radius 1 is 1.23 bits per heavy atom. The summed E-state index contributed by atoms with van der Waals surface area (Å²) in [5.74, 6) is 0.602. The Kier molecular flexibility index (Phi) is 6.78. The Morgan fingerprint density at radius 2 is 1.85 bits per heavy atom. The van der Waals surface area contributed by atoms with Crippen molar-refractivity contribution < 1.29 is 21.6 Å². The van der Waals surface area contributed by atoms with Gasteiger partial charge in [-0.1, -0.05) is 0 Å². The molecule has 2 aliphatic rings. The summed E-state index contributed by atoms with van der Waals surface area (Å²) >= 11 is 0. The second-order valence-corrected chi connectivity index (χ2v) is 8.77. The molecule has 2 rings (SSSR count). The van der Waals surface area contributed by atoms with Crippen LogP contribution in [0, 0.1) is 0 Å². The number of hydrogen-bond acceptors (Lipinski definition) is 4. The molecule has 0 radical (unpaired) electrons. The van der Waals surface area contributed by atoms with Crippen LogP contribution in [0.5, 0.6) is 0 Å². The minimum Gasteiger partial charge on any atom is -0.355 e. The average molecular weight is 399 g/mol. The Labute approximate surface area is 153 Å². The molecule has 2 atom stereocenters. The molecule has 2 heterocycles. The summed E-state index contributed by atoms with van der Waals surface area (Å²) in [6, 6.07) is -1.57. The maximum atomic E-state index is 12.8. The van der Waals surface area contributed by atoms with Crippen LogP contribution in [0.1, 0.15) is 19.8 Å². The molecule has 2 saturated heterocycles. The molecule has 0 aliphatic carbocycles. The molecule has 1 unspecified atom stereocenters. The maximum absolute atomic E-state index is 12.8. The van der Waals surface area contributed by atoms with Crippen LogP contribution in [-0.4, -0.2) is 99.3 Å². The van der Waals surface area contributed by atoms with Crippen molar-refractivity contribution >= 4 is 16.0 Å². The molecule has 11 heteroatoms. The molecule has 0 aromatic heterocycles. The number of sulfonamides is 1. The van der Waals surface area contributed by atoms with Crippen molar-refractivity contribution in [3.05, 3.63) is 0 Å². The van der Waals surface area contributed by atoms with Gasteiger partial charge in [-0.3, -0.25) is 9.89 Å². The number of aliphatic imine (C=N–C) groups is 1. The molecule has 2 fully saturated rings. The first-order valence-electron chi connectivity index (χ1n) is 8.77. The summed E-state index contributed by atoms with van der Waals surface area (Å²) in [5.41, 5.74) is 0. The summed E-state index contributed by atoms with van der Waals surface area (Å²) in [7, 11) is -1.61. The summed E-state index contributed by atoms with van der Waals surface area (Å²) < 4.78 is 63.6. The Morgan fingerprint density at radius 3 is 2.35 bits per heavy atom. The van der Waals surface area contributed by atoms with E-state index in [-0.39, 0.29) is 6.04 Å². The van der Waals surface area contributed by atoms with Crippen LogP contribution in [0.4, 0.5) is 13.2 Å². The van der Waals surface area contributed by atoms with Crippen molar-refractivity contribution in [2.75, 3.05) is 52.6 Å². The van der Waals surface area contributed by atoms with Crippen molar-refractivity contribution in [2.45, 2.75) is 38.0 Å². The Hall–Kier alpha value is -1.07. The first-order valence-corrected chi connectivity index (χ1v) is 10.6. The topological polar surface area (TPSA) is 68.2 Å². The van der Waals surface area contributed by atoms with Crippen LogP contribution < -0.4 is 5.32 Å². The van der Waals surface area contributed by atoms with E-state index in [0.717, 1.165) is 12.8 Å². The fourth-order valence-electron chi connectivity index (χ4n) is 3.52. The van der Waals surface area contributed by atoms with E-state index >= 15 is 0 Å². The normalized spacial score (nSPS) is 25.5. The van der Waals surface area contributed by atoms with Crippen LogP contribution in [-0.2, 0) is 10.0 Å². The van der Waals surface area contributed by atoms with Crippen molar-refractivity contribution in [1.29, 1.82) is 0 Å². The van der Waals surface area contributed by atoms with Gasteiger partial charge < -0.3 is 10.2 Å². The molecular weight excluding hydrogens is 371 g/mol. The van der Waals surface area contributed by atoms with Gasteiger partial charge in [-0.05, 0) is 19.8 Å². The van der Waals surface area contributed by atoms with Gasteiger partial charge in [0.2, 0.25) is 10.0 Å². The number of rotatable bonds is 4. The van der Waals surface area contributed by atoms with Gasteiger partial charge in [0.15, 0.2) is 5.96 Å². The number of hydrogen-bond donors (Lipinski definition) is 1. The van der Waals surface area contributed by atoms with Crippen LogP contribution in [0.3, 0.4) is 0 Å². The first-order chi connectivity index (χ1) is 12.0. The monoisotopic (exact) mass is 399 g/mol. The number of piperazine rings is 1. The number of nitrogens with one attached hydrogen (secondary N) is 1. The van der Waals surface area contributed by atoms with E-state index in [1.54, 1.807) is 7.05 Å². The van der Waals surface area contributed by atoms with Crippen molar-refractivity contribution in [2.24, 2.45) is 4.99 Å². The lowest BCUT2D eigenvalue weighted by Crippen LogP contribution is -2.57. The maximum Gasteiger partial charge on any atom is 0.403 e. The van der Waals surface area contributed by atoms with Gasteiger partial charge in [-0.25, -0.2) is 8.42 Å². The van der Waals surface area contributed by atoms with Gasteiger partial charge >= 0.3 is 6.18 Å². The van der Waals surface area contributed by atoms with Gasteiger partial charge in [-0.15, -0.1) is 0 Å². The molecule has 1 N–H and O–H groups in total. The lowest BCUT2D eigenvalue weighted by atomic mass is 10.2. The third-order valence-electron chi connectivity index (χ3n) is 5.09. The minimum absolute atomic E-state index is 0.117. The molecule has 0 saturated carbocycles. The molecule has 0 amide bonds. The highest BCUT2D eigenvalue weighted by atomic mass is 32.2. The molecular formula is C15H28F3N5O2S. The molecule has 0 aromatic rings. The van der Waals surface area contributed by atoms with E-state index in [2.05, 4.69) is 10.3 Å². The standard InChI is InChI=1S/C15H28F3N5O2S/c1-12(15(16,17)18)21-7-9-22(10-8-21)14(19-2)20-11-13-5-4-6-23(13)26(3,24)25/h12-13H,4-11H2,1-3H3,(H,19,20)/t12?,13-/m1/s1. The van der Waals surface area contributed by atoms with Crippen LogP contribution in [0.2, 0.25) is 0 Å². The van der Waals surface area contributed by atoms with Gasteiger partial charge in [0.05, 0.1) is 6.26 Å². The van der Waals surface area contributed by atoms with Crippen LogP contribution >= 0.6 is 0 Å². The second-order valence-electron chi connectivity index (χ2n) is 6.84. The van der Waals surface area contributed by atoms with E-state index in [9.17, 15) is 21.6 Å². The molecule has 0 aromatic carbocycles. The van der Waals surface area contributed by atoms with E-state index in [1.807, 2.05) is 4.90 Å². The summed E-state index contributed by atoms with van der Waals surface area (Å²) in [6.07, 6.45) is -1.40. The average Bonchev–Trinajstić information content (AvgIpc) is 3.03. The lowest BCUT2D eigenvalue weighted by molar-refractivity contribution is -0.181. The van der Waals surface area contributed by atoms with E-state index in [1.165, 1.54) is 22.4 Å². The fraction of sp³-hybridized carbons (Fsp3) is 0.933. The predicted octanol–water partition coefficient (Wildman–Crippen LogP) is 0.554. The molecule has 2 aliphatic heterocycles. The Bertz CT molecular complexity index is 603. The number of halogens is 3. The molecule has 152 valence electrons. The number of alkyl halides is 3. The van der Waals surface area contributed by atoms with Gasteiger partial charge in [-0.2, -0.15) is 17.5 Å². The number of guanidine groups is 1. The summed E-state index contributed by atoms with van der Waals surface area (Å²) in [4.78, 5) is 7.54. The van der Waals surface area contributed by atoms with E-state index in [0.29, 0.717) is 45.2 Å². The van der Waals surface area contributed by atoms with Crippen molar-refractivity contribution in [3.8, 4) is 0 Å². The third-order valence-corrected chi connectivity index (χ3v) is 6.42. The predicted molar refractivity (Wildman–Crippen MR) is 94.6 cm³/mol. The fourth-order valence-corrected chi connectivity index (χ4v) is 4.70. The highest BCUT2D eigenvalue weighted by molar-refractivity contribution is 7.88. The van der Waals surface area contributed by atoms with Gasteiger partial charge in [0.25, 0.3) is 0 Å². The van der Waals surface area contributed by atoms with E-state index in [4.69, 9.17) is 0 Å². The molecule has 0 spiro atoms. The van der Waals surface area contributed by atoms with Gasteiger partial charge in [0, 0.05) is 52.4 Å². The molecule has 0 bridgehead atoms. The number of nitrogens with zero attached hydrogens (tertiary/aromatic N) is 4. The van der Waals surface area contributed by atoms with E-state index < -0.39 is 22.2 Å². The zero-order chi connectivity index (χ0) is 19.5. The highest BCUT2D eigenvalue weighted by Crippen LogP contribution is 2.25.